The van der Waals surface area contributed by atoms with Gasteiger partial charge in [-0.2, -0.15) is 0 Å². The van der Waals surface area contributed by atoms with Crippen LogP contribution in [0.25, 0.3) is 70.9 Å². The third-order valence-electron chi connectivity index (χ3n) is 7.75. The van der Waals surface area contributed by atoms with Gasteiger partial charge >= 0.3 is 0 Å². The number of hydrogen-bond donors (Lipinski definition) is 0. The minimum Gasteiger partial charge on any atom is -0.308 e. The van der Waals surface area contributed by atoms with Gasteiger partial charge < -0.3 is 4.57 Å². The maximum Gasteiger partial charge on any atom is 0.0620 e. The van der Waals surface area contributed by atoms with Gasteiger partial charge in [-0.25, -0.2) is 0 Å². The predicted molar refractivity (Wildman–Crippen MR) is 159 cm³/mol. The van der Waals surface area contributed by atoms with Gasteiger partial charge in [0.15, 0.2) is 0 Å². The van der Waals surface area contributed by atoms with Gasteiger partial charge in [0.1, 0.15) is 0 Å². The zero-order valence-corrected chi connectivity index (χ0v) is 20.2. The van der Waals surface area contributed by atoms with E-state index in [4.69, 9.17) is 0 Å². The molecule has 1 heterocycles. The third-order valence-corrected chi connectivity index (χ3v) is 7.75. The molecule has 0 spiro atoms. The molecule has 37 heavy (non-hydrogen) atoms. The first kappa shape index (κ1) is 20.3. The van der Waals surface area contributed by atoms with Gasteiger partial charge in [0, 0.05) is 21.5 Å². The van der Waals surface area contributed by atoms with Crippen LogP contribution in [-0.2, 0) is 0 Å². The fourth-order valence-electron chi connectivity index (χ4n) is 6.15. The maximum atomic E-state index is 2.50. The van der Waals surface area contributed by atoms with E-state index in [1.807, 2.05) is 0 Å². The highest BCUT2D eigenvalue weighted by Crippen LogP contribution is 2.43. The van der Waals surface area contributed by atoms with Crippen molar-refractivity contribution in [3.8, 4) is 16.8 Å². The van der Waals surface area contributed by atoms with Gasteiger partial charge in [-0.05, 0) is 50.9 Å². The highest BCUT2D eigenvalue weighted by atomic mass is 15.0. The van der Waals surface area contributed by atoms with Crippen molar-refractivity contribution in [2.45, 2.75) is 0 Å². The fourth-order valence-corrected chi connectivity index (χ4v) is 6.15. The van der Waals surface area contributed by atoms with Crippen LogP contribution in [0.4, 0.5) is 0 Å². The quantitative estimate of drug-likeness (QED) is 0.222. The third kappa shape index (κ3) is 2.92. The van der Waals surface area contributed by atoms with Crippen molar-refractivity contribution in [1.82, 2.24) is 4.57 Å². The molecule has 0 aliphatic carbocycles. The minimum absolute atomic E-state index is 1.22. The standard InChI is InChI=1S/C36H23N/c1-2-12-24(13-3-1)32-23-33-30-19-10-11-21-34(30)37(36(33)31-20-9-7-17-28(31)32)35-22-25-14-4-5-15-26(25)27-16-6-8-18-29(27)35/h1-23H. The molecule has 0 bridgehead atoms. The van der Waals surface area contributed by atoms with Crippen LogP contribution in [0.2, 0.25) is 0 Å². The van der Waals surface area contributed by atoms with Crippen LogP contribution in [-0.4, -0.2) is 4.57 Å². The van der Waals surface area contributed by atoms with Crippen LogP contribution in [0.15, 0.2) is 140 Å². The highest BCUT2D eigenvalue weighted by molar-refractivity contribution is 6.23. The maximum absolute atomic E-state index is 2.50. The first-order valence-corrected chi connectivity index (χ1v) is 12.8. The molecule has 1 heteroatoms. The molecule has 0 aliphatic rings. The minimum atomic E-state index is 1.22. The summed E-state index contributed by atoms with van der Waals surface area (Å²) in [5.74, 6) is 0. The summed E-state index contributed by atoms with van der Waals surface area (Å²) in [6.45, 7) is 0. The average molecular weight is 470 g/mol. The van der Waals surface area contributed by atoms with E-state index in [-0.39, 0.29) is 0 Å². The Hall–Kier alpha value is -4.88. The molecule has 0 N–H and O–H groups in total. The molecule has 0 fully saturated rings. The van der Waals surface area contributed by atoms with Crippen molar-refractivity contribution in [2.24, 2.45) is 0 Å². The molecule has 0 amide bonds. The topological polar surface area (TPSA) is 4.93 Å². The van der Waals surface area contributed by atoms with Crippen molar-refractivity contribution in [3.05, 3.63) is 140 Å². The monoisotopic (exact) mass is 469 g/mol. The molecule has 0 saturated heterocycles. The number of nitrogens with zero attached hydrogens (tertiary/aromatic N) is 1. The number of aromatic nitrogens is 1. The Bertz CT molecular complexity index is 2130. The van der Waals surface area contributed by atoms with E-state index in [0.717, 1.165) is 0 Å². The summed E-state index contributed by atoms with van der Waals surface area (Å²) in [5, 5.41) is 10.2. The summed E-state index contributed by atoms with van der Waals surface area (Å²) >= 11 is 0. The van der Waals surface area contributed by atoms with Crippen LogP contribution >= 0.6 is 0 Å². The summed E-state index contributed by atoms with van der Waals surface area (Å²) < 4.78 is 2.50. The van der Waals surface area contributed by atoms with Gasteiger partial charge in [-0.1, -0.05) is 121 Å². The van der Waals surface area contributed by atoms with Gasteiger partial charge in [0.2, 0.25) is 0 Å². The molecular weight excluding hydrogens is 446 g/mol. The SMILES string of the molecule is c1ccc(-c2cc3c4ccccc4n(-c4cc5ccccc5c5ccccc45)c3c3ccccc23)cc1. The number of hydrogen-bond acceptors (Lipinski definition) is 0. The van der Waals surface area contributed by atoms with E-state index in [1.165, 1.54) is 70.9 Å². The molecule has 7 aromatic carbocycles. The Morgan fingerprint density at radius 2 is 0.973 bits per heavy atom. The van der Waals surface area contributed by atoms with Gasteiger partial charge in [0.05, 0.1) is 16.7 Å². The number of benzene rings is 7. The van der Waals surface area contributed by atoms with Gasteiger partial charge in [-0.15, -0.1) is 0 Å². The smallest absolute Gasteiger partial charge is 0.0620 e. The Balaban J connectivity index is 1.62. The highest BCUT2D eigenvalue weighted by Gasteiger charge is 2.19. The molecule has 0 radical (unpaired) electrons. The van der Waals surface area contributed by atoms with E-state index >= 15 is 0 Å². The van der Waals surface area contributed by atoms with Crippen LogP contribution in [0.3, 0.4) is 0 Å². The number of para-hydroxylation sites is 1. The molecular formula is C36H23N. The lowest BCUT2D eigenvalue weighted by molar-refractivity contribution is 1.21. The summed E-state index contributed by atoms with van der Waals surface area (Å²) in [6.07, 6.45) is 0. The van der Waals surface area contributed by atoms with E-state index in [0.29, 0.717) is 0 Å². The fraction of sp³-hybridized carbons (Fsp3) is 0. The van der Waals surface area contributed by atoms with Crippen LogP contribution < -0.4 is 0 Å². The Morgan fingerprint density at radius 1 is 0.378 bits per heavy atom. The Labute approximate surface area is 214 Å². The molecule has 172 valence electrons. The van der Waals surface area contributed by atoms with Crippen molar-refractivity contribution in [1.29, 1.82) is 0 Å². The van der Waals surface area contributed by atoms with Crippen molar-refractivity contribution in [3.63, 3.8) is 0 Å². The van der Waals surface area contributed by atoms with E-state index in [1.54, 1.807) is 0 Å². The largest absolute Gasteiger partial charge is 0.308 e. The molecule has 1 aromatic heterocycles. The van der Waals surface area contributed by atoms with Crippen molar-refractivity contribution in [2.75, 3.05) is 0 Å². The Morgan fingerprint density at radius 3 is 1.78 bits per heavy atom. The predicted octanol–water partition coefficient (Wildman–Crippen LogP) is 9.91. The van der Waals surface area contributed by atoms with Crippen LogP contribution in [0.1, 0.15) is 0 Å². The van der Waals surface area contributed by atoms with E-state index < -0.39 is 0 Å². The molecule has 8 rings (SSSR count). The number of fused-ring (bicyclic) bond motifs is 8. The molecule has 1 nitrogen and oxygen atoms in total. The lowest BCUT2D eigenvalue weighted by Gasteiger charge is -2.16. The first-order chi connectivity index (χ1) is 18.4. The summed E-state index contributed by atoms with van der Waals surface area (Å²) in [7, 11) is 0. The lowest BCUT2D eigenvalue weighted by Crippen LogP contribution is -1.97. The molecule has 0 aliphatic heterocycles. The summed E-state index contributed by atoms with van der Waals surface area (Å²) in [4.78, 5) is 0. The van der Waals surface area contributed by atoms with Gasteiger partial charge in [0.25, 0.3) is 0 Å². The number of rotatable bonds is 2. The average Bonchev–Trinajstić information content (AvgIpc) is 3.31. The summed E-state index contributed by atoms with van der Waals surface area (Å²) in [5.41, 5.74) is 6.23. The van der Waals surface area contributed by atoms with Crippen molar-refractivity contribution >= 4 is 54.1 Å². The molecule has 0 atom stereocenters. The van der Waals surface area contributed by atoms with Crippen LogP contribution in [0.5, 0.6) is 0 Å². The molecule has 0 saturated carbocycles. The van der Waals surface area contributed by atoms with E-state index in [2.05, 4.69) is 144 Å². The van der Waals surface area contributed by atoms with Crippen LogP contribution in [0, 0.1) is 0 Å². The second-order valence-corrected chi connectivity index (χ2v) is 9.75. The zero-order valence-electron chi connectivity index (χ0n) is 20.2. The molecule has 8 aromatic rings. The lowest BCUT2D eigenvalue weighted by atomic mass is 9.95. The second-order valence-electron chi connectivity index (χ2n) is 9.75. The Kier molecular flexibility index (Phi) is 4.29. The van der Waals surface area contributed by atoms with Crippen molar-refractivity contribution < 1.29 is 0 Å². The van der Waals surface area contributed by atoms with E-state index in [9.17, 15) is 0 Å². The summed E-state index contributed by atoms with van der Waals surface area (Å²) in [6, 6.07) is 50.7. The first-order valence-electron chi connectivity index (χ1n) is 12.8. The second kappa shape index (κ2) is 7.81. The van der Waals surface area contributed by atoms with Gasteiger partial charge in [-0.3, -0.25) is 0 Å². The normalized spacial score (nSPS) is 11.8. The zero-order chi connectivity index (χ0) is 24.3. The molecule has 0 unspecified atom stereocenters.